The molecule has 100 valence electrons. The molecule has 0 spiro atoms. The Labute approximate surface area is 117 Å². The van der Waals surface area contributed by atoms with E-state index in [9.17, 15) is 5.11 Å². The highest BCUT2D eigenvalue weighted by Crippen LogP contribution is 2.38. The summed E-state index contributed by atoms with van der Waals surface area (Å²) in [5.41, 5.74) is 2.35. The van der Waals surface area contributed by atoms with Crippen molar-refractivity contribution in [1.82, 2.24) is 10.3 Å². The summed E-state index contributed by atoms with van der Waals surface area (Å²) in [5.74, 6) is 0.301. The van der Waals surface area contributed by atoms with Crippen LogP contribution in [0.2, 0.25) is 0 Å². The van der Waals surface area contributed by atoms with Gasteiger partial charge < -0.3 is 10.4 Å². The van der Waals surface area contributed by atoms with E-state index in [1.165, 1.54) is 23.4 Å². The molecule has 1 atom stereocenters. The van der Waals surface area contributed by atoms with Crippen LogP contribution in [0.1, 0.15) is 36.4 Å². The monoisotopic (exact) mass is 274 g/mol. The maximum atomic E-state index is 9.35. The van der Waals surface area contributed by atoms with E-state index in [1.54, 1.807) is 23.5 Å². The van der Waals surface area contributed by atoms with Gasteiger partial charge in [-0.15, -0.1) is 11.3 Å². The first-order valence-electron chi connectivity index (χ1n) is 6.80. The maximum absolute atomic E-state index is 9.35. The van der Waals surface area contributed by atoms with Crippen LogP contribution in [0.3, 0.4) is 0 Å². The van der Waals surface area contributed by atoms with Crippen molar-refractivity contribution in [2.24, 2.45) is 0 Å². The predicted octanol–water partition coefficient (Wildman–Crippen LogP) is 3.50. The van der Waals surface area contributed by atoms with E-state index in [1.807, 2.05) is 12.1 Å². The van der Waals surface area contributed by atoms with Crippen LogP contribution in [0.25, 0.3) is 10.6 Å². The molecule has 1 aromatic heterocycles. The number of thiazole rings is 1. The van der Waals surface area contributed by atoms with Crippen LogP contribution in [-0.2, 0) is 6.42 Å². The predicted molar refractivity (Wildman–Crippen MR) is 78.6 cm³/mol. The molecular formula is C15H18N2OS. The minimum atomic E-state index is 0.301. The molecule has 0 saturated heterocycles. The standard InChI is InChI=1S/C15H18N2OS/c1-2-16-12-4-3-5-13-14(12)19-15(17-13)10-6-8-11(18)9-7-10/h6-9,12,16,18H,2-5H2,1H3. The molecule has 1 aromatic carbocycles. The fraction of sp³-hybridized carbons (Fsp3) is 0.400. The molecule has 0 fully saturated rings. The molecule has 0 aliphatic heterocycles. The number of aromatic hydroxyl groups is 1. The Morgan fingerprint density at radius 1 is 1.37 bits per heavy atom. The van der Waals surface area contributed by atoms with Crippen molar-refractivity contribution in [2.45, 2.75) is 32.2 Å². The molecule has 19 heavy (non-hydrogen) atoms. The number of fused-ring (bicyclic) bond motifs is 1. The third kappa shape index (κ3) is 2.51. The summed E-state index contributed by atoms with van der Waals surface area (Å²) in [7, 11) is 0. The number of aromatic nitrogens is 1. The van der Waals surface area contributed by atoms with Crippen LogP contribution >= 0.6 is 11.3 Å². The largest absolute Gasteiger partial charge is 0.508 e. The highest BCUT2D eigenvalue weighted by molar-refractivity contribution is 7.15. The molecule has 0 radical (unpaired) electrons. The van der Waals surface area contributed by atoms with Gasteiger partial charge in [0.2, 0.25) is 0 Å². The van der Waals surface area contributed by atoms with E-state index in [0.29, 0.717) is 11.8 Å². The third-order valence-electron chi connectivity index (χ3n) is 3.52. The van der Waals surface area contributed by atoms with Crippen LogP contribution in [0, 0.1) is 0 Å². The molecule has 1 unspecified atom stereocenters. The van der Waals surface area contributed by atoms with E-state index >= 15 is 0 Å². The number of nitrogens with one attached hydrogen (secondary N) is 1. The van der Waals surface area contributed by atoms with Crippen LogP contribution in [0.4, 0.5) is 0 Å². The average molecular weight is 274 g/mol. The summed E-state index contributed by atoms with van der Waals surface area (Å²) in [4.78, 5) is 6.18. The van der Waals surface area contributed by atoms with E-state index in [-0.39, 0.29) is 0 Å². The van der Waals surface area contributed by atoms with Gasteiger partial charge in [-0.1, -0.05) is 6.92 Å². The number of rotatable bonds is 3. The zero-order valence-corrected chi connectivity index (χ0v) is 11.8. The molecule has 1 aliphatic carbocycles. The summed E-state index contributed by atoms with van der Waals surface area (Å²) < 4.78 is 0. The fourth-order valence-electron chi connectivity index (χ4n) is 2.59. The van der Waals surface area contributed by atoms with Crippen molar-refractivity contribution < 1.29 is 5.11 Å². The van der Waals surface area contributed by atoms with Gasteiger partial charge in [0.05, 0.1) is 5.69 Å². The summed E-state index contributed by atoms with van der Waals surface area (Å²) in [6.45, 7) is 3.15. The van der Waals surface area contributed by atoms with Crippen molar-refractivity contribution in [3.63, 3.8) is 0 Å². The van der Waals surface area contributed by atoms with Gasteiger partial charge in [0.1, 0.15) is 10.8 Å². The van der Waals surface area contributed by atoms with Gasteiger partial charge in [-0.05, 0) is 50.1 Å². The number of phenolic OH excluding ortho intramolecular Hbond substituents is 1. The number of benzene rings is 1. The second-order valence-corrected chi connectivity index (χ2v) is 5.91. The van der Waals surface area contributed by atoms with Gasteiger partial charge in [-0.25, -0.2) is 4.98 Å². The molecule has 0 amide bonds. The molecule has 0 saturated carbocycles. The third-order valence-corrected chi connectivity index (χ3v) is 4.78. The lowest BCUT2D eigenvalue weighted by atomic mass is 9.98. The van der Waals surface area contributed by atoms with Gasteiger partial charge >= 0.3 is 0 Å². The number of aryl methyl sites for hydroxylation is 1. The fourth-order valence-corrected chi connectivity index (χ4v) is 3.82. The normalized spacial score (nSPS) is 18.3. The van der Waals surface area contributed by atoms with E-state index < -0.39 is 0 Å². The topological polar surface area (TPSA) is 45.2 Å². The van der Waals surface area contributed by atoms with Crippen molar-refractivity contribution in [3.8, 4) is 16.3 Å². The highest BCUT2D eigenvalue weighted by atomic mass is 32.1. The van der Waals surface area contributed by atoms with Crippen LogP contribution < -0.4 is 5.32 Å². The van der Waals surface area contributed by atoms with Crippen LogP contribution in [-0.4, -0.2) is 16.6 Å². The lowest BCUT2D eigenvalue weighted by Crippen LogP contribution is -2.23. The first kappa shape index (κ1) is 12.6. The number of hydrogen-bond donors (Lipinski definition) is 2. The molecular weight excluding hydrogens is 256 g/mol. The van der Waals surface area contributed by atoms with Crippen molar-refractivity contribution in [1.29, 1.82) is 0 Å². The minimum absolute atomic E-state index is 0.301. The van der Waals surface area contributed by atoms with E-state index in [4.69, 9.17) is 4.98 Å². The summed E-state index contributed by atoms with van der Waals surface area (Å²) in [5, 5.41) is 14.0. The summed E-state index contributed by atoms with van der Waals surface area (Å²) in [6, 6.07) is 7.77. The maximum Gasteiger partial charge on any atom is 0.123 e. The second kappa shape index (κ2) is 5.31. The summed E-state index contributed by atoms with van der Waals surface area (Å²) >= 11 is 1.79. The Balaban J connectivity index is 1.95. The smallest absolute Gasteiger partial charge is 0.123 e. The van der Waals surface area contributed by atoms with Gasteiger partial charge in [0.15, 0.2) is 0 Å². The average Bonchev–Trinajstić information content (AvgIpc) is 2.85. The summed E-state index contributed by atoms with van der Waals surface area (Å²) in [6.07, 6.45) is 3.51. The Morgan fingerprint density at radius 2 is 2.16 bits per heavy atom. The van der Waals surface area contributed by atoms with Gasteiger partial charge in [-0.2, -0.15) is 0 Å². The molecule has 4 heteroatoms. The number of nitrogens with zero attached hydrogens (tertiary/aromatic N) is 1. The first-order valence-corrected chi connectivity index (χ1v) is 7.62. The zero-order chi connectivity index (χ0) is 13.2. The Bertz CT molecular complexity index is 562. The highest BCUT2D eigenvalue weighted by Gasteiger charge is 2.24. The number of hydrogen-bond acceptors (Lipinski definition) is 4. The molecule has 2 N–H and O–H groups in total. The molecule has 3 rings (SSSR count). The molecule has 0 bridgehead atoms. The van der Waals surface area contributed by atoms with Crippen LogP contribution in [0.5, 0.6) is 5.75 Å². The van der Waals surface area contributed by atoms with Crippen LogP contribution in [0.15, 0.2) is 24.3 Å². The van der Waals surface area contributed by atoms with E-state index in [0.717, 1.165) is 23.5 Å². The lowest BCUT2D eigenvalue weighted by molar-refractivity contribution is 0.475. The SMILES string of the molecule is CCNC1CCCc2nc(-c3ccc(O)cc3)sc21. The Morgan fingerprint density at radius 3 is 2.89 bits per heavy atom. The zero-order valence-electron chi connectivity index (χ0n) is 11.0. The second-order valence-electron chi connectivity index (χ2n) is 4.88. The Kier molecular flexibility index (Phi) is 3.53. The quantitative estimate of drug-likeness (QED) is 0.900. The van der Waals surface area contributed by atoms with Gasteiger partial charge in [-0.3, -0.25) is 0 Å². The minimum Gasteiger partial charge on any atom is -0.508 e. The molecule has 2 aromatic rings. The molecule has 1 aliphatic rings. The van der Waals surface area contributed by atoms with Crippen molar-refractivity contribution in [2.75, 3.05) is 6.54 Å². The van der Waals surface area contributed by atoms with E-state index in [2.05, 4.69) is 12.2 Å². The number of phenols is 1. The van der Waals surface area contributed by atoms with Crippen molar-refractivity contribution in [3.05, 3.63) is 34.8 Å². The van der Waals surface area contributed by atoms with Gasteiger partial charge in [0.25, 0.3) is 0 Å². The van der Waals surface area contributed by atoms with Gasteiger partial charge in [0, 0.05) is 16.5 Å². The van der Waals surface area contributed by atoms with Crippen molar-refractivity contribution >= 4 is 11.3 Å². The molecule has 3 nitrogen and oxygen atoms in total. The Hall–Kier alpha value is -1.39. The lowest BCUT2D eigenvalue weighted by Gasteiger charge is -2.21. The molecule has 1 heterocycles. The first-order chi connectivity index (χ1) is 9.28.